The third-order valence-corrected chi connectivity index (χ3v) is 2.79. The van der Waals surface area contributed by atoms with Gasteiger partial charge < -0.3 is 9.64 Å². The van der Waals surface area contributed by atoms with Gasteiger partial charge in [-0.05, 0) is 12.1 Å². The number of aromatic nitrogens is 2. The Labute approximate surface area is 106 Å². The Morgan fingerprint density at radius 2 is 2.33 bits per heavy atom. The molecule has 0 spiro atoms. The van der Waals surface area contributed by atoms with E-state index in [1.807, 2.05) is 28.8 Å². The van der Waals surface area contributed by atoms with Gasteiger partial charge in [0.05, 0.1) is 19.1 Å². The molecule has 5 heteroatoms. The second kappa shape index (κ2) is 6.03. The van der Waals surface area contributed by atoms with Crippen molar-refractivity contribution in [3.63, 3.8) is 0 Å². The van der Waals surface area contributed by atoms with Gasteiger partial charge in [0.25, 0.3) is 0 Å². The minimum atomic E-state index is 0.495. The molecule has 0 bridgehead atoms. The summed E-state index contributed by atoms with van der Waals surface area (Å²) in [7, 11) is 1.68. The van der Waals surface area contributed by atoms with E-state index >= 15 is 0 Å². The van der Waals surface area contributed by atoms with E-state index in [9.17, 15) is 0 Å². The lowest BCUT2D eigenvalue weighted by Crippen LogP contribution is -2.29. The number of hydrogen-bond acceptors (Lipinski definition) is 4. The van der Waals surface area contributed by atoms with E-state index in [4.69, 9.17) is 10.00 Å². The van der Waals surface area contributed by atoms with Crippen molar-refractivity contribution in [3.05, 3.63) is 30.6 Å². The summed E-state index contributed by atoms with van der Waals surface area (Å²) in [6.45, 7) is 2.09. The summed E-state index contributed by atoms with van der Waals surface area (Å²) < 4.78 is 7.14. The maximum absolute atomic E-state index is 8.73. The van der Waals surface area contributed by atoms with Crippen molar-refractivity contribution >= 4 is 11.5 Å². The lowest BCUT2D eigenvalue weighted by molar-refractivity contribution is 0.205. The second-order valence-corrected chi connectivity index (χ2v) is 3.93. The number of nitriles is 1. The summed E-state index contributed by atoms with van der Waals surface area (Å²) in [4.78, 5) is 6.40. The van der Waals surface area contributed by atoms with Crippen molar-refractivity contribution < 1.29 is 4.74 Å². The molecule has 0 saturated carbocycles. The molecular weight excluding hydrogens is 228 g/mol. The van der Waals surface area contributed by atoms with Crippen LogP contribution < -0.4 is 4.90 Å². The highest BCUT2D eigenvalue weighted by Crippen LogP contribution is 2.16. The molecule has 18 heavy (non-hydrogen) atoms. The lowest BCUT2D eigenvalue weighted by Gasteiger charge is -2.24. The molecule has 2 aromatic rings. The first-order chi connectivity index (χ1) is 8.86. The molecule has 0 atom stereocenters. The minimum Gasteiger partial charge on any atom is -0.383 e. The van der Waals surface area contributed by atoms with E-state index in [0.717, 1.165) is 18.0 Å². The van der Waals surface area contributed by atoms with Crippen LogP contribution in [0.5, 0.6) is 0 Å². The normalized spacial score (nSPS) is 10.4. The molecule has 0 saturated heterocycles. The van der Waals surface area contributed by atoms with Gasteiger partial charge in [0, 0.05) is 32.6 Å². The Balaban J connectivity index is 2.28. The van der Waals surface area contributed by atoms with Gasteiger partial charge in [0.1, 0.15) is 11.5 Å². The first-order valence-corrected chi connectivity index (χ1v) is 5.89. The van der Waals surface area contributed by atoms with Crippen molar-refractivity contribution in [1.29, 1.82) is 5.26 Å². The Morgan fingerprint density at radius 1 is 1.44 bits per heavy atom. The van der Waals surface area contributed by atoms with Crippen LogP contribution >= 0.6 is 0 Å². The van der Waals surface area contributed by atoms with Crippen LogP contribution in [0, 0.1) is 11.3 Å². The van der Waals surface area contributed by atoms with Gasteiger partial charge in [-0.25, -0.2) is 4.98 Å². The molecule has 0 fully saturated rings. The van der Waals surface area contributed by atoms with E-state index < -0.39 is 0 Å². The van der Waals surface area contributed by atoms with Crippen LogP contribution in [0.25, 0.3) is 5.65 Å². The molecule has 0 aliphatic carbocycles. The van der Waals surface area contributed by atoms with Gasteiger partial charge in [0.15, 0.2) is 0 Å². The highest BCUT2D eigenvalue weighted by atomic mass is 16.5. The summed E-state index contributed by atoms with van der Waals surface area (Å²) in [5.41, 5.74) is 0.909. The predicted molar refractivity (Wildman–Crippen MR) is 69.5 cm³/mol. The standard InChI is InChI=1S/C13H16N4O/c1-18-11-10-16(8-3-6-14)13-5-2-4-12-15-7-9-17(12)13/h2,4-5,7,9H,3,8,10-11H2,1H3. The SMILES string of the molecule is COCCN(CCC#N)c1cccc2nccn12. The smallest absolute Gasteiger partial charge is 0.138 e. The Kier molecular flexibility index (Phi) is 4.15. The van der Waals surface area contributed by atoms with Gasteiger partial charge in [0.2, 0.25) is 0 Å². The predicted octanol–water partition coefficient (Wildman–Crippen LogP) is 1.70. The van der Waals surface area contributed by atoms with Crippen molar-refractivity contribution in [3.8, 4) is 6.07 Å². The van der Waals surface area contributed by atoms with Gasteiger partial charge in [-0.15, -0.1) is 0 Å². The number of methoxy groups -OCH3 is 1. The molecule has 2 rings (SSSR count). The lowest BCUT2D eigenvalue weighted by atomic mass is 10.3. The number of pyridine rings is 1. The molecule has 94 valence electrons. The Hall–Kier alpha value is -2.06. The molecular formula is C13H16N4O. The van der Waals surface area contributed by atoms with Crippen molar-refractivity contribution in [2.45, 2.75) is 6.42 Å². The molecule has 5 nitrogen and oxygen atoms in total. The molecule has 0 amide bonds. The van der Waals surface area contributed by atoms with E-state index in [2.05, 4.69) is 16.0 Å². The van der Waals surface area contributed by atoms with Crippen LogP contribution in [0.3, 0.4) is 0 Å². The average molecular weight is 244 g/mol. The third kappa shape index (κ3) is 2.60. The summed E-state index contributed by atoms with van der Waals surface area (Å²) in [6.07, 6.45) is 4.20. The topological polar surface area (TPSA) is 53.6 Å². The highest BCUT2D eigenvalue weighted by molar-refractivity contribution is 5.51. The Bertz CT molecular complexity index is 543. The van der Waals surface area contributed by atoms with Gasteiger partial charge in [-0.2, -0.15) is 5.26 Å². The monoisotopic (exact) mass is 244 g/mol. The average Bonchev–Trinajstić information content (AvgIpc) is 2.87. The summed E-state index contributed by atoms with van der Waals surface area (Å²) in [5, 5.41) is 8.73. The second-order valence-electron chi connectivity index (χ2n) is 3.93. The molecule has 2 aromatic heterocycles. The van der Waals surface area contributed by atoms with E-state index in [0.29, 0.717) is 19.6 Å². The van der Waals surface area contributed by atoms with Crippen molar-refractivity contribution in [1.82, 2.24) is 9.38 Å². The van der Waals surface area contributed by atoms with Crippen molar-refractivity contribution in [2.75, 3.05) is 31.7 Å². The summed E-state index contributed by atoms with van der Waals surface area (Å²) in [6, 6.07) is 8.15. The number of fused-ring (bicyclic) bond motifs is 1. The number of nitrogens with zero attached hydrogens (tertiary/aromatic N) is 4. The molecule has 0 aliphatic rings. The first kappa shape index (κ1) is 12.4. The summed E-state index contributed by atoms with van der Waals surface area (Å²) in [5.74, 6) is 1.04. The van der Waals surface area contributed by atoms with E-state index in [-0.39, 0.29) is 0 Å². The van der Waals surface area contributed by atoms with Gasteiger partial charge >= 0.3 is 0 Å². The zero-order valence-electron chi connectivity index (χ0n) is 10.4. The first-order valence-electron chi connectivity index (χ1n) is 5.89. The number of ether oxygens (including phenoxy) is 1. The summed E-state index contributed by atoms with van der Waals surface area (Å²) >= 11 is 0. The molecule has 0 N–H and O–H groups in total. The van der Waals surface area contributed by atoms with Gasteiger partial charge in [-0.1, -0.05) is 6.07 Å². The maximum atomic E-state index is 8.73. The van der Waals surface area contributed by atoms with Crippen LogP contribution in [0.15, 0.2) is 30.6 Å². The van der Waals surface area contributed by atoms with Crippen LogP contribution in [0.1, 0.15) is 6.42 Å². The fraction of sp³-hybridized carbons (Fsp3) is 0.385. The largest absolute Gasteiger partial charge is 0.383 e. The fourth-order valence-electron chi connectivity index (χ4n) is 1.92. The van der Waals surface area contributed by atoms with Crippen LogP contribution in [0.2, 0.25) is 0 Å². The number of anilines is 1. The third-order valence-electron chi connectivity index (χ3n) is 2.79. The molecule has 0 radical (unpaired) electrons. The van der Waals surface area contributed by atoms with Crippen LogP contribution in [-0.4, -0.2) is 36.2 Å². The molecule has 0 aromatic carbocycles. The maximum Gasteiger partial charge on any atom is 0.138 e. The molecule has 2 heterocycles. The van der Waals surface area contributed by atoms with Crippen molar-refractivity contribution in [2.24, 2.45) is 0 Å². The highest BCUT2D eigenvalue weighted by Gasteiger charge is 2.09. The zero-order chi connectivity index (χ0) is 12.8. The van der Waals surface area contributed by atoms with Gasteiger partial charge in [-0.3, -0.25) is 4.40 Å². The Morgan fingerprint density at radius 3 is 3.11 bits per heavy atom. The quantitative estimate of drug-likeness (QED) is 0.776. The zero-order valence-corrected chi connectivity index (χ0v) is 10.4. The van der Waals surface area contributed by atoms with Crippen LogP contribution in [-0.2, 0) is 4.74 Å². The number of hydrogen-bond donors (Lipinski definition) is 0. The number of imidazole rings is 1. The van der Waals surface area contributed by atoms with Crippen LogP contribution in [0.4, 0.5) is 5.82 Å². The molecule has 0 aliphatic heterocycles. The van der Waals surface area contributed by atoms with E-state index in [1.54, 1.807) is 13.3 Å². The fourth-order valence-corrected chi connectivity index (χ4v) is 1.92. The molecule has 0 unspecified atom stereocenters. The van der Waals surface area contributed by atoms with E-state index in [1.165, 1.54) is 0 Å². The number of rotatable bonds is 6. The minimum absolute atomic E-state index is 0.495.